The molecule has 1 aromatic carbocycles. The number of carbonyl (C=O) groups excluding carboxylic acids is 1. The van der Waals surface area contributed by atoms with E-state index in [1.807, 2.05) is 0 Å². The van der Waals surface area contributed by atoms with Crippen LogP contribution in [0.5, 0.6) is 0 Å². The third-order valence-corrected chi connectivity index (χ3v) is 5.77. The van der Waals surface area contributed by atoms with Gasteiger partial charge in [0.15, 0.2) is 0 Å². The summed E-state index contributed by atoms with van der Waals surface area (Å²) in [4.78, 5) is 16.5. The van der Waals surface area contributed by atoms with Gasteiger partial charge >= 0.3 is 0 Å². The fourth-order valence-corrected chi connectivity index (χ4v) is 4.02. The average Bonchev–Trinajstić information content (AvgIpc) is 2.53. The smallest absolute Gasteiger partial charge is 0.249 e. The van der Waals surface area contributed by atoms with Gasteiger partial charge in [-0.05, 0) is 25.0 Å². The summed E-state index contributed by atoms with van der Waals surface area (Å²) >= 11 is 0. The minimum absolute atomic E-state index is 0.176. The van der Waals surface area contributed by atoms with Crippen LogP contribution in [0.1, 0.15) is 12.8 Å². The van der Waals surface area contributed by atoms with Crippen LogP contribution >= 0.6 is 0 Å². The number of hydroxylamine groups is 2. The number of halogens is 1. The maximum absolute atomic E-state index is 13.7. The predicted octanol–water partition coefficient (Wildman–Crippen LogP) is 1.25. The Morgan fingerprint density at radius 1 is 1.32 bits per heavy atom. The summed E-state index contributed by atoms with van der Waals surface area (Å²) < 4.78 is 39.8. The Balaban J connectivity index is 2.08. The summed E-state index contributed by atoms with van der Waals surface area (Å²) in [7, 11) is -0.948. The molecule has 1 aliphatic heterocycles. The third-order valence-electron chi connectivity index (χ3n) is 3.84. The van der Waals surface area contributed by atoms with Crippen LogP contribution in [-0.4, -0.2) is 50.9 Å². The average molecular weight is 330 g/mol. The lowest BCUT2D eigenvalue weighted by Gasteiger charge is -2.31. The Bertz CT molecular complexity index is 642. The zero-order chi connectivity index (χ0) is 16.3. The maximum Gasteiger partial charge on any atom is 0.249 e. The number of hydrogen-bond donors (Lipinski definition) is 0. The van der Waals surface area contributed by atoms with Crippen molar-refractivity contribution in [1.29, 1.82) is 0 Å². The second kappa shape index (κ2) is 6.72. The number of rotatable bonds is 4. The fraction of sp³-hybridized carbons (Fsp3) is 0.500. The van der Waals surface area contributed by atoms with E-state index in [4.69, 9.17) is 4.84 Å². The van der Waals surface area contributed by atoms with E-state index in [2.05, 4.69) is 0 Å². The molecule has 6 nitrogen and oxygen atoms in total. The second-order valence-electron chi connectivity index (χ2n) is 5.13. The Morgan fingerprint density at radius 3 is 2.45 bits per heavy atom. The van der Waals surface area contributed by atoms with Gasteiger partial charge in [0.2, 0.25) is 15.9 Å². The van der Waals surface area contributed by atoms with Crippen molar-refractivity contribution in [3.8, 4) is 0 Å². The topological polar surface area (TPSA) is 66.9 Å². The monoisotopic (exact) mass is 330 g/mol. The first kappa shape index (κ1) is 16.9. The molecule has 0 aromatic heterocycles. The summed E-state index contributed by atoms with van der Waals surface area (Å²) in [6.07, 6.45) is 0.778. The fourth-order valence-electron chi connectivity index (χ4n) is 2.48. The third kappa shape index (κ3) is 3.29. The summed E-state index contributed by atoms with van der Waals surface area (Å²) in [5.41, 5.74) is 0. The van der Waals surface area contributed by atoms with Crippen LogP contribution in [0.2, 0.25) is 0 Å². The number of piperidine rings is 1. The molecular weight excluding hydrogens is 311 g/mol. The van der Waals surface area contributed by atoms with Gasteiger partial charge in [-0.15, -0.1) is 0 Å². The van der Waals surface area contributed by atoms with Crippen molar-refractivity contribution in [1.82, 2.24) is 9.37 Å². The summed E-state index contributed by atoms with van der Waals surface area (Å²) in [5.74, 6) is -1.22. The van der Waals surface area contributed by atoms with Crippen molar-refractivity contribution in [2.75, 3.05) is 27.2 Å². The Labute approximate surface area is 129 Å². The molecule has 1 heterocycles. The van der Waals surface area contributed by atoms with E-state index >= 15 is 0 Å². The van der Waals surface area contributed by atoms with E-state index in [9.17, 15) is 17.6 Å². The Hall–Kier alpha value is -1.51. The lowest BCUT2D eigenvalue weighted by molar-refractivity contribution is -0.174. The molecule has 8 heteroatoms. The molecule has 22 heavy (non-hydrogen) atoms. The molecule has 0 radical (unpaired) electrons. The Morgan fingerprint density at radius 2 is 1.91 bits per heavy atom. The van der Waals surface area contributed by atoms with Gasteiger partial charge < -0.3 is 0 Å². The highest BCUT2D eigenvalue weighted by Gasteiger charge is 2.34. The SMILES string of the molecule is CON(C)C(=O)C1CCN(S(=O)(=O)c2ccccc2F)CC1. The molecule has 0 spiro atoms. The molecule has 1 aliphatic rings. The first-order valence-electron chi connectivity index (χ1n) is 6.94. The number of benzene rings is 1. The van der Waals surface area contributed by atoms with Crippen LogP contribution in [0.3, 0.4) is 0 Å². The maximum atomic E-state index is 13.7. The second-order valence-corrected chi connectivity index (χ2v) is 7.03. The number of carbonyl (C=O) groups is 1. The quantitative estimate of drug-likeness (QED) is 0.779. The van der Waals surface area contributed by atoms with Gasteiger partial charge in [0.05, 0.1) is 7.11 Å². The lowest BCUT2D eigenvalue weighted by atomic mass is 9.97. The first-order valence-corrected chi connectivity index (χ1v) is 8.38. The molecule has 1 amide bonds. The van der Waals surface area contributed by atoms with E-state index in [0.29, 0.717) is 12.8 Å². The van der Waals surface area contributed by atoms with Gasteiger partial charge in [-0.1, -0.05) is 12.1 Å². The summed E-state index contributed by atoms with van der Waals surface area (Å²) in [6.45, 7) is 0.370. The highest BCUT2D eigenvalue weighted by molar-refractivity contribution is 7.89. The molecule has 2 rings (SSSR count). The standard InChI is InChI=1S/C14H19FN2O4S/c1-16(21-2)14(18)11-7-9-17(10-8-11)22(19,20)13-6-4-3-5-12(13)15/h3-6,11H,7-10H2,1-2H3. The molecular formula is C14H19FN2O4S. The predicted molar refractivity (Wildman–Crippen MR) is 77.7 cm³/mol. The summed E-state index contributed by atoms with van der Waals surface area (Å²) in [6, 6.07) is 5.30. The first-order chi connectivity index (χ1) is 10.4. The molecule has 0 atom stereocenters. The van der Waals surface area contributed by atoms with Crippen LogP contribution < -0.4 is 0 Å². The van der Waals surface area contributed by atoms with Crippen LogP contribution in [-0.2, 0) is 19.7 Å². The van der Waals surface area contributed by atoms with Crippen molar-refractivity contribution in [2.24, 2.45) is 5.92 Å². The van der Waals surface area contributed by atoms with Gasteiger partial charge in [-0.2, -0.15) is 4.31 Å². The molecule has 0 N–H and O–H groups in total. The van der Waals surface area contributed by atoms with Crippen LogP contribution in [0, 0.1) is 11.7 Å². The van der Waals surface area contributed by atoms with E-state index in [0.717, 1.165) is 11.1 Å². The van der Waals surface area contributed by atoms with Crippen molar-refractivity contribution >= 4 is 15.9 Å². The molecule has 0 saturated carbocycles. The number of amides is 1. The molecule has 1 saturated heterocycles. The van der Waals surface area contributed by atoms with Gasteiger partial charge in [0.25, 0.3) is 0 Å². The molecule has 122 valence electrons. The van der Waals surface area contributed by atoms with Crippen LogP contribution in [0.15, 0.2) is 29.2 Å². The van der Waals surface area contributed by atoms with Crippen LogP contribution in [0.25, 0.3) is 0 Å². The van der Waals surface area contributed by atoms with Crippen molar-refractivity contribution in [3.63, 3.8) is 0 Å². The van der Waals surface area contributed by atoms with Gasteiger partial charge in [0.1, 0.15) is 10.7 Å². The van der Waals surface area contributed by atoms with Crippen molar-refractivity contribution in [2.45, 2.75) is 17.7 Å². The van der Waals surface area contributed by atoms with Crippen molar-refractivity contribution in [3.05, 3.63) is 30.1 Å². The minimum Gasteiger partial charge on any atom is -0.275 e. The number of hydrogen-bond acceptors (Lipinski definition) is 4. The summed E-state index contributed by atoms with van der Waals surface area (Å²) in [5, 5.41) is 1.14. The van der Waals surface area contributed by atoms with E-state index in [-0.39, 0.29) is 29.8 Å². The molecule has 1 fully saturated rings. The lowest BCUT2D eigenvalue weighted by Crippen LogP contribution is -2.43. The van der Waals surface area contributed by atoms with Crippen LogP contribution in [0.4, 0.5) is 4.39 Å². The minimum atomic E-state index is -3.87. The molecule has 0 bridgehead atoms. The Kier molecular flexibility index (Phi) is 5.15. The molecule has 1 aromatic rings. The number of nitrogens with zero attached hydrogens (tertiary/aromatic N) is 2. The molecule has 0 aliphatic carbocycles. The largest absolute Gasteiger partial charge is 0.275 e. The zero-order valence-corrected chi connectivity index (χ0v) is 13.3. The highest BCUT2D eigenvalue weighted by Crippen LogP contribution is 2.26. The number of sulfonamides is 1. The zero-order valence-electron chi connectivity index (χ0n) is 12.5. The van der Waals surface area contributed by atoms with E-state index in [1.54, 1.807) is 0 Å². The van der Waals surface area contributed by atoms with Gasteiger partial charge in [-0.3, -0.25) is 9.63 Å². The highest BCUT2D eigenvalue weighted by atomic mass is 32.2. The van der Waals surface area contributed by atoms with Crippen molar-refractivity contribution < 1.29 is 22.4 Å². The van der Waals surface area contributed by atoms with E-state index in [1.165, 1.54) is 36.7 Å². The van der Waals surface area contributed by atoms with Gasteiger partial charge in [0, 0.05) is 26.1 Å². The van der Waals surface area contributed by atoms with Gasteiger partial charge in [-0.25, -0.2) is 17.9 Å². The van der Waals surface area contributed by atoms with E-state index < -0.39 is 15.8 Å². The normalized spacial score (nSPS) is 17.4. The molecule has 0 unspecified atom stereocenters.